The number of aliphatic carboxylic acids is 1. The molecule has 5 aromatic rings. The first-order valence-electron chi connectivity index (χ1n) is 14.2. The van der Waals surface area contributed by atoms with E-state index in [1.807, 2.05) is 49.0 Å². The molecule has 0 atom stereocenters. The zero-order valence-electron chi connectivity index (χ0n) is 25.6. The van der Waals surface area contributed by atoms with E-state index in [-0.39, 0.29) is 6.42 Å². The number of aryl methyl sites for hydroxylation is 2. The van der Waals surface area contributed by atoms with Gasteiger partial charge in [0.25, 0.3) is 0 Å². The molecule has 6 rings (SSSR count). The van der Waals surface area contributed by atoms with Crippen molar-refractivity contribution in [2.45, 2.75) is 45.8 Å². The normalized spacial score (nSPS) is 13.9. The van der Waals surface area contributed by atoms with Crippen LogP contribution in [0.15, 0.2) is 48.5 Å². The molecule has 3 heterocycles. The number of carboxylic acid groups (broad SMARTS) is 1. The molecule has 10 heteroatoms. The van der Waals surface area contributed by atoms with Gasteiger partial charge in [0.2, 0.25) is 0 Å². The van der Waals surface area contributed by atoms with Crippen LogP contribution in [0.25, 0.3) is 42.8 Å². The number of nitrogens with zero attached hydrogens (tertiary/aromatic N) is 5. The van der Waals surface area contributed by atoms with Crippen molar-refractivity contribution in [2.75, 3.05) is 32.1 Å². The van der Waals surface area contributed by atoms with Crippen LogP contribution in [0, 0.1) is 6.92 Å². The van der Waals surface area contributed by atoms with Gasteiger partial charge in [-0.1, -0.05) is 23.7 Å². The standard InChI is InChI=1S/C29H28ClN5O2S.C4H10O/c1-16-11-23-27(26(21(16)13-25(36)37)17-5-8-19(30)9-6-17)38-29(31-23)18-7-10-24-22(12-18)28(32-34(24)4)35-14-20(15-35)33(2)3;1-4(2,3)5/h5-12,20H,13-15H2,1-4H3,(H,36,37);5H,1-3H3. The summed E-state index contributed by atoms with van der Waals surface area (Å²) in [5, 5.41) is 25.7. The van der Waals surface area contributed by atoms with Crippen LogP contribution in [0.2, 0.25) is 5.02 Å². The number of halogens is 1. The number of fused-ring (bicyclic) bond motifs is 2. The van der Waals surface area contributed by atoms with Crippen molar-refractivity contribution in [3.63, 3.8) is 0 Å². The van der Waals surface area contributed by atoms with E-state index in [0.717, 1.165) is 72.9 Å². The number of hydrogen-bond acceptors (Lipinski definition) is 7. The Morgan fingerprint density at radius 2 is 1.72 bits per heavy atom. The van der Waals surface area contributed by atoms with Crippen LogP contribution in [0.3, 0.4) is 0 Å². The maximum Gasteiger partial charge on any atom is 0.307 e. The van der Waals surface area contributed by atoms with Gasteiger partial charge in [-0.25, -0.2) is 4.98 Å². The topological polar surface area (TPSA) is 94.7 Å². The summed E-state index contributed by atoms with van der Waals surface area (Å²) in [6.07, 6.45) is -0.0538. The molecule has 1 aliphatic rings. The van der Waals surface area contributed by atoms with E-state index in [4.69, 9.17) is 26.8 Å². The van der Waals surface area contributed by atoms with Gasteiger partial charge in [-0.3, -0.25) is 9.48 Å². The van der Waals surface area contributed by atoms with Crippen molar-refractivity contribution in [2.24, 2.45) is 7.05 Å². The Kier molecular flexibility index (Phi) is 8.55. The highest BCUT2D eigenvalue weighted by atomic mass is 35.5. The van der Waals surface area contributed by atoms with Crippen LogP contribution in [0.1, 0.15) is 31.9 Å². The minimum Gasteiger partial charge on any atom is -0.481 e. The number of thiazole rings is 1. The molecular formula is C33H38ClN5O3S. The lowest BCUT2D eigenvalue weighted by Gasteiger charge is -2.43. The zero-order chi connectivity index (χ0) is 31.2. The largest absolute Gasteiger partial charge is 0.481 e. The van der Waals surface area contributed by atoms with Gasteiger partial charge in [0.05, 0.1) is 27.8 Å². The molecule has 0 radical (unpaired) electrons. The van der Waals surface area contributed by atoms with Gasteiger partial charge >= 0.3 is 5.97 Å². The first-order valence-corrected chi connectivity index (χ1v) is 15.4. The number of rotatable bonds is 6. The van der Waals surface area contributed by atoms with Gasteiger partial charge in [-0.15, -0.1) is 11.3 Å². The first kappa shape index (κ1) is 30.9. The lowest BCUT2D eigenvalue weighted by Crippen LogP contribution is -2.57. The Morgan fingerprint density at radius 1 is 1.09 bits per heavy atom. The number of likely N-dealkylation sites (N-methyl/N-ethyl adjacent to an activating group) is 1. The van der Waals surface area contributed by atoms with E-state index in [2.05, 4.69) is 42.1 Å². The summed E-state index contributed by atoms with van der Waals surface area (Å²) >= 11 is 7.76. The van der Waals surface area contributed by atoms with Crippen molar-refractivity contribution in [3.8, 4) is 21.7 Å². The number of aromatic nitrogens is 3. The lowest BCUT2D eigenvalue weighted by molar-refractivity contribution is -0.136. The van der Waals surface area contributed by atoms with Gasteiger partial charge in [-0.2, -0.15) is 5.10 Å². The van der Waals surface area contributed by atoms with Crippen molar-refractivity contribution in [1.29, 1.82) is 0 Å². The van der Waals surface area contributed by atoms with E-state index < -0.39 is 11.6 Å². The van der Waals surface area contributed by atoms with Gasteiger partial charge in [0.15, 0.2) is 5.82 Å². The van der Waals surface area contributed by atoms with E-state index in [1.165, 1.54) is 0 Å². The number of aliphatic hydroxyl groups is 1. The summed E-state index contributed by atoms with van der Waals surface area (Å²) in [5.74, 6) is 0.148. The predicted octanol–water partition coefficient (Wildman–Crippen LogP) is 6.63. The number of benzene rings is 3. The van der Waals surface area contributed by atoms with E-state index in [0.29, 0.717) is 11.1 Å². The summed E-state index contributed by atoms with van der Waals surface area (Å²) in [5.41, 5.74) is 6.05. The van der Waals surface area contributed by atoms with E-state index >= 15 is 0 Å². The highest BCUT2D eigenvalue weighted by molar-refractivity contribution is 7.22. The highest BCUT2D eigenvalue weighted by Gasteiger charge is 2.31. The Morgan fingerprint density at radius 3 is 2.33 bits per heavy atom. The molecule has 0 amide bonds. The van der Waals surface area contributed by atoms with Crippen LogP contribution >= 0.6 is 22.9 Å². The third-order valence-corrected chi connectivity index (χ3v) is 8.83. The molecule has 8 nitrogen and oxygen atoms in total. The number of hydrogen-bond donors (Lipinski definition) is 2. The number of carboxylic acids is 1. The monoisotopic (exact) mass is 619 g/mol. The smallest absolute Gasteiger partial charge is 0.307 e. The average Bonchev–Trinajstić information content (AvgIpc) is 3.43. The molecule has 1 aliphatic heterocycles. The Balaban J connectivity index is 0.000000682. The Bertz CT molecular complexity index is 1790. The van der Waals surface area contributed by atoms with Crippen molar-refractivity contribution < 1.29 is 15.0 Å². The molecule has 2 N–H and O–H groups in total. The summed E-state index contributed by atoms with van der Waals surface area (Å²) in [6.45, 7) is 9.10. The van der Waals surface area contributed by atoms with Gasteiger partial charge in [0, 0.05) is 47.7 Å². The fourth-order valence-electron chi connectivity index (χ4n) is 5.23. The lowest BCUT2D eigenvalue weighted by atomic mass is 9.93. The van der Waals surface area contributed by atoms with Crippen molar-refractivity contribution in [3.05, 3.63) is 64.7 Å². The quantitative estimate of drug-likeness (QED) is 0.220. The van der Waals surface area contributed by atoms with Gasteiger partial charge < -0.3 is 20.0 Å². The molecule has 43 heavy (non-hydrogen) atoms. The molecular weight excluding hydrogens is 582 g/mol. The molecule has 0 unspecified atom stereocenters. The van der Waals surface area contributed by atoms with Crippen LogP contribution in [-0.4, -0.2) is 74.7 Å². The minimum absolute atomic E-state index is 0.0538. The summed E-state index contributed by atoms with van der Waals surface area (Å²) in [4.78, 5) is 21.4. The molecule has 0 aliphatic carbocycles. The average molecular weight is 620 g/mol. The second-order valence-electron chi connectivity index (χ2n) is 12.4. The maximum atomic E-state index is 11.8. The third kappa shape index (κ3) is 6.70. The van der Waals surface area contributed by atoms with Crippen molar-refractivity contribution in [1.82, 2.24) is 19.7 Å². The SMILES string of the molecule is CC(C)(C)O.Cc1cc2nc(-c3ccc4c(c3)c(N3CC(N(C)C)C3)nn4C)sc2c(-c2ccc(Cl)cc2)c1CC(=O)O. The molecule has 0 spiro atoms. The Hall–Kier alpha value is -3.50. The number of anilines is 1. The molecule has 1 saturated heterocycles. The van der Waals surface area contributed by atoms with E-state index in [1.54, 1.807) is 32.1 Å². The van der Waals surface area contributed by atoms with Gasteiger partial charge in [-0.05, 0) is 94.9 Å². The molecule has 0 saturated carbocycles. The maximum absolute atomic E-state index is 11.8. The molecule has 1 fully saturated rings. The second kappa shape index (κ2) is 11.9. The summed E-state index contributed by atoms with van der Waals surface area (Å²) in [7, 11) is 6.22. The Labute approximate surface area is 261 Å². The van der Waals surface area contributed by atoms with Crippen LogP contribution < -0.4 is 4.90 Å². The highest BCUT2D eigenvalue weighted by Crippen LogP contribution is 2.42. The molecule has 3 aromatic carbocycles. The third-order valence-electron chi connectivity index (χ3n) is 7.44. The van der Waals surface area contributed by atoms with E-state index in [9.17, 15) is 9.90 Å². The minimum atomic E-state index is -0.857. The van der Waals surface area contributed by atoms with Crippen LogP contribution in [0.4, 0.5) is 5.82 Å². The fraction of sp³-hybridized carbons (Fsp3) is 0.364. The van der Waals surface area contributed by atoms with Crippen molar-refractivity contribution >= 4 is 55.8 Å². The zero-order valence-corrected chi connectivity index (χ0v) is 27.2. The van der Waals surface area contributed by atoms with Crippen LogP contribution in [-0.2, 0) is 18.3 Å². The fourth-order valence-corrected chi connectivity index (χ4v) is 6.49. The molecule has 226 valence electrons. The van der Waals surface area contributed by atoms with Crippen LogP contribution in [0.5, 0.6) is 0 Å². The predicted molar refractivity (Wildman–Crippen MR) is 178 cm³/mol. The molecule has 2 aromatic heterocycles. The second-order valence-corrected chi connectivity index (χ2v) is 13.8. The number of carbonyl (C=O) groups is 1. The first-order chi connectivity index (χ1) is 20.2. The summed E-state index contributed by atoms with van der Waals surface area (Å²) in [6, 6.07) is 16.5. The van der Waals surface area contributed by atoms with Gasteiger partial charge in [0.1, 0.15) is 5.01 Å². The molecule has 0 bridgehead atoms. The summed E-state index contributed by atoms with van der Waals surface area (Å²) < 4.78 is 2.92.